The van der Waals surface area contributed by atoms with Crippen molar-refractivity contribution in [3.05, 3.63) is 51.3 Å². The van der Waals surface area contributed by atoms with Gasteiger partial charge in [0.1, 0.15) is 0 Å². The minimum atomic E-state index is -1.22. The van der Waals surface area contributed by atoms with Crippen LogP contribution in [0.1, 0.15) is 21.6 Å². The molecule has 8 heteroatoms. The Morgan fingerprint density at radius 2 is 2.10 bits per heavy atom. The lowest BCUT2D eigenvalue weighted by molar-refractivity contribution is -0.385. The molecule has 108 valence electrons. The molecule has 1 N–H and O–H groups in total. The van der Waals surface area contributed by atoms with Crippen LogP contribution in [0.2, 0.25) is 0 Å². The Hall–Kier alpha value is -2.48. The molecule has 0 amide bonds. The summed E-state index contributed by atoms with van der Waals surface area (Å²) in [5.74, 6) is -1.22. The van der Waals surface area contributed by atoms with Gasteiger partial charge in [0, 0.05) is 28.4 Å². The van der Waals surface area contributed by atoms with Gasteiger partial charge in [0.2, 0.25) is 0 Å². The molecule has 0 aliphatic heterocycles. The van der Waals surface area contributed by atoms with Gasteiger partial charge >= 0.3 is 5.97 Å². The Morgan fingerprint density at radius 3 is 2.67 bits per heavy atom. The molecule has 0 saturated heterocycles. The van der Waals surface area contributed by atoms with Crippen molar-refractivity contribution in [2.75, 3.05) is 0 Å². The Bertz CT molecular complexity index is 733. The normalized spacial score (nSPS) is 10.4. The van der Waals surface area contributed by atoms with E-state index in [-0.39, 0.29) is 11.3 Å². The predicted octanol–water partition coefficient (Wildman–Crippen LogP) is 2.85. The first-order valence-electron chi connectivity index (χ1n) is 5.88. The molecule has 1 heterocycles. The standard InChI is InChI=1S/C13H11N3O4S/c1-7-3-4-14-13(15-7)21-11-6-9(12(17)18)5-10(8(11)2)16(19)20/h3-6H,1-2H3,(H,17,18). The molecular formula is C13H11N3O4S. The lowest BCUT2D eigenvalue weighted by atomic mass is 10.1. The van der Waals surface area contributed by atoms with Gasteiger partial charge in [-0.1, -0.05) is 0 Å². The Morgan fingerprint density at radius 1 is 1.38 bits per heavy atom. The summed E-state index contributed by atoms with van der Waals surface area (Å²) in [7, 11) is 0. The van der Waals surface area contributed by atoms with Crippen LogP contribution in [0.25, 0.3) is 0 Å². The van der Waals surface area contributed by atoms with Crippen LogP contribution in [0.15, 0.2) is 34.4 Å². The average molecular weight is 305 g/mol. The van der Waals surface area contributed by atoms with Gasteiger partial charge in [0.05, 0.1) is 10.5 Å². The number of carbonyl (C=O) groups is 1. The number of rotatable bonds is 4. The molecule has 0 spiro atoms. The van der Waals surface area contributed by atoms with E-state index in [0.29, 0.717) is 15.6 Å². The summed E-state index contributed by atoms with van der Waals surface area (Å²) >= 11 is 1.10. The summed E-state index contributed by atoms with van der Waals surface area (Å²) in [5.41, 5.74) is 0.779. The van der Waals surface area contributed by atoms with Crippen molar-refractivity contribution in [1.82, 2.24) is 9.97 Å². The molecule has 21 heavy (non-hydrogen) atoms. The third kappa shape index (κ3) is 3.34. The number of nitro groups is 1. The van der Waals surface area contributed by atoms with E-state index in [1.165, 1.54) is 6.07 Å². The zero-order chi connectivity index (χ0) is 15.6. The lowest BCUT2D eigenvalue weighted by Crippen LogP contribution is -2.01. The highest BCUT2D eigenvalue weighted by atomic mass is 32.2. The van der Waals surface area contributed by atoms with E-state index in [0.717, 1.165) is 23.5 Å². The molecule has 0 atom stereocenters. The summed E-state index contributed by atoms with van der Waals surface area (Å²) in [6.45, 7) is 3.37. The number of nitrogens with zero attached hydrogens (tertiary/aromatic N) is 3. The van der Waals surface area contributed by atoms with Gasteiger partial charge in [0.15, 0.2) is 5.16 Å². The molecule has 2 aromatic rings. The van der Waals surface area contributed by atoms with E-state index in [9.17, 15) is 14.9 Å². The maximum absolute atomic E-state index is 11.1. The van der Waals surface area contributed by atoms with Crippen molar-refractivity contribution < 1.29 is 14.8 Å². The van der Waals surface area contributed by atoms with Crippen LogP contribution in [-0.4, -0.2) is 26.0 Å². The fraction of sp³-hybridized carbons (Fsp3) is 0.154. The minimum absolute atomic E-state index is 0.137. The molecule has 0 saturated carbocycles. The van der Waals surface area contributed by atoms with Crippen molar-refractivity contribution in [2.45, 2.75) is 23.9 Å². The third-order valence-corrected chi connectivity index (χ3v) is 3.77. The van der Waals surface area contributed by atoms with E-state index < -0.39 is 10.9 Å². The maximum Gasteiger partial charge on any atom is 0.335 e. The number of hydrogen-bond acceptors (Lipinski definition) is 6. The molecule has 1 aromatic carbocycles. The van der Waals surface area contributed by atoms with Crippen molar-refractivity contribution in [1.29, 1.82) is 0 Å². The van der Waals surface area contributed by atoms with E-state index in [2.05, 4.69) is 9.97 Å². The minimum Gasteiger partial charge on any atom is -0.478 e. The summed E-state index contributed by atoms with van der Waals surface area (Å²) in [5, 5.41) is 20.5. The topological polar surface area (TPSA) is 106 Å². The average Bonchev–Trinajstić information content (AvgIpc) is 2.40. The van der Waals surface area contributed by atoms with E-state index in [4.69, 9.17) is 5.11 Å². The first-order valence-corrected chi connectivity index (χ1v) is 6.70. The van der Waals surface area contributed by atoms with Crippen LogP contribution >= 0.6 is 11.8 Å². The van der Waals surface area contributed by atoms with Gasteiger partial charge in [-0.25, -0.2) is 14.8 Å². The number of nitro benzene ring substituents is 1. The molecule has 0 fully saturated rings. The van der Waals surface area contributed by atoms with E-state index in [1.54, 1.807) is 26.1 Å². The molecule has 2 rings (SSSR count). The van der Waals surface area contributed by atoms with Crippen LogP contribution in [0.5, 0.6) is 0 Å². The van der Waals surface area contributed by atoms with Crippen LogP contribution in [0.4, 0.5) is 5.69 Å². The molecule has 7 nitrogen and oxygen atoms in total. The fourth-order valence-electron chi connectivity index (χ4n) is 1.67. The largest absolute Gasteiger partial charge is 0.478 e. The lowest BCUT2D eigenvalue weighted by Gasteiger charge is -2.07. The zero-order valence-corrected chi connectivity index (χ0v) is 12.0. The van der Waals surface area contributed by atoms with Crippen molar-refractivity contribution in [2.24, 2.45) is 0 Å². The number of hydrogen-bond donors (Lipinski definition) is 1. The number of aromatic nitrogens is 2. The Kier molecular flexibility index (Phi) is 4.18. The van der Waals surface area contributed by atoms with Crippen LogP contribution < -0.4 is 0 Å². The van der Waals surface area contributed by atoms with Crippen molar-refractivity contribution in [3.63, 3.8) is 0 Å². The highest BCUT2D eigenvalue weighted by Gasteiger charge is 2.20. The molecular weight excluding hydrogens is 294 g/mol. The van der Waals surface area contributed by atoms with E-state index >= 15 is 0 Å². The molecule has 0 bridgehead atoms. The van der Waals surface area contributed by atoms with Crippen LogP contribution in [-0.2, 0) is 0 Å². The summed E-state index contributed by atoms with van der Waals surface area (Å²) < 4.78 is 0. The van der Waals surface area contributed by atoms with Crippen molar-refractivity contribution in [3.8, 4) is 0 Å². The fourth-order valence-corrected chi connectivity index (χ4v) is 2.61. The predicted molar refractivity (Wildman–Crippen MR) is 75.7 cm³/mol. The molecule has 0 aliphatic carbocycles. The number of benzene rings is 1. The second-order valence-electron chi connectivity index (χ2n) is 4.26. The van der Waals surface area contributed by atoms with Gasteiger partial charge in [-0.15, -0.1) is 0 Å². The highest BCUT2D eigenvalue weighted by molar-refractivity contribution is 7.99. The smallest absolute Gasteiger partial charge is 0.335 e. The zero-order valence-electron chi connectivity index (χ0n) is 11.2. The monoisotopic (exact) mass is 305 g/mol. The highest BCUT2D eigenvalue weighted by Crippen LogP contribution is 2.34. The summed E-state index contributed by atoms with van der Waals surface area (Å²) in [6, 6.07) is 4.17. The molecule has 0 unspecified atom stereocenters. The number of aryl methyl sites for hydroxylation is 1. The number of carboxylic acids is 1. The third-order valence-electron chi connectivity index (χ3n) is 2.75. The van der Waals surface area contributed by atoms with E-state index in [1.807, 2.05) is 0 Å². The quantitative estimate of drug-likeness (QED) is 0.525. The van der Waals surface area contributed by atoms with Crippen LogP contribution in [0, 0.1) is 24.0 Å². The number of carboxylic acid groups (broad SMARTS) is 1. The van der Waals surface area contributed by atoms with Gasteiger partial charge in [0.25, 0.3) is 5.69 Å². The Balaban J connectivity index is 2.51. The van der Waals surface area contributed by atoms with Gasteiger partial charge < -0.3 is 5.11 Å². The van der Waals surface area contributed by atoms with Crippen molar-refractivity contribution >= 4 is 23.4 Å². The molecule has 0 aliphatic rings. The summed E-state index contributed by atoms with van der Waals surface area (Å²) in [4.78, 5) is 30.2. The SMILES string of the molecule is Cc1ccnc(Sc2cc(C(=O)O)cc([N+](=O)[O-])c2C)n1. The van der Waals surface area contributed by atoms with Gasteiger partial charge in [-0.2, -0.15) is 0 Å². The number of aromatic carboxylic acids is 1. The van der Waals surface area contributed by atoms with Gasteiger partial charge in [-0.05, 0) is 37.7 Å². The Labute approximate surface area is 124 Å². The first kappa shape index (κ1) is 14.9. The first-order chi connectivity index (χ1) is 9.88. The molecule has 1 aromatic heterocycles. The van der Waals surface area contributed by atoms with Gasteiger partial charge in [-0.3, -0.25) is 10.1 Å². The maximum atomic E-state index is 11.1. The second-order valence-corrected chi connectivity index (χ2v) is 5.27. The van der Waals surface area contributed by atoms with Crippen LogP contribution in [0.3, 0.4) is 0 Å². The summed E-state index contributed by atoms with van der Waals surface area (Å²) in [6.07, 6.45) is 1.58. The second kappa shape index (κ2) is 5.88. The molecule has 0 radical (unpaired) electrons.